The van der Waals surface area contributed by atoms with Crippen molar-refractivity contribution in [1.29, 1.82) is 0 Å². The number of benzene rings is 1. The van der Waals surface area contributed by atoms with Crippen LogP contribution in [0.1, 0.15) is 10.4 Å². The molecule has 1 fully saturated rings. The summed E-state index contributed by atoms with van der Waals surface area (Å²) in [6.45, 7) is 1.57. The average molecular weight is 284 g/mol. The summed E-state index contributed by atoms with van der Waals surface area (Å²) in [6, 6.07) is 4.16. The van der Waals surface area contributed by atoms with Gasteiger partial charge >= 0.3 is 0 Å². The molecular weight excluding hydrogens is 270 g/mol. The Hall–Kier alpha value is -1.63. The molecular formula is C12H14ClN3O3. The molecule has 1 saturated heterocycles. The van der Waals surface area contributed by atoms with Crippen LogP contribution in [0.3, 0.4) is 0 Å². The lowest BCUT2D eigenvalue weighted by molar-refractivity contribution is -0.120. The minimum absolute atomic E-state index is 0.206. The van der Waals surface area contributed by atoms with Gasteiger partial charge in [-0.3, -0.25) is 9.59 Å². The van der Waals surface area contributed by atoms with Crippen LogP contribution >= 0.6 is 11.6 Å². The molecule has 1 aromatic carbocycles. The molecule has 1 heterocycles. The van der Waals surface area contributed by atoms with E-state index < -0.39 is 5.91 Å². The van der Waals surface area contributed by atoms with Crippen molar-refractivity contribution in [3.63, 3.8) is 0 Å². The van der Waals surface area contributed by atoms with E-state index in [1.165, 1.54) is 12.1 Å². The first-order chi connectivity index (χ1) is 9.08. The van der Waals surface area contributed by atoms with Gasteiger partial charge in [-0.2, -0.15) is 0 Å². The van der Waals surface area contributed by atoms with E-state index in [0.29, 0.717) is 25.4 Å². The quantitative estimate of drug-likeness (QED) is 0.747. The first-order valence-electron chi connectivity index (χ1n) is 5.79. The van der Waals surface area contributed by atoms with E-state index in [2.05, 4.69) is 10.6 Å². The zero-order valence-electron chi connectivity index (χ0n) is 10.1. The Labute approximate surface area is 115 Å². The number of carbonyl (C=O) groups is 2. The molecule has 2 rings (SSSR count). The molecule has 0 aromatic heterocycles. The number of amides is 2. The van der Waals surface area contributed by atoms with Gasteiger partial charge in [0.2, 0.25) is 11.8 Å². The van der Waals surface area contributed by atoms with Gasteiger partial charge in [0.1, 0.15) is 6.04 Å². The monoisotopic (exact) mass is 283 g/mol. The average Bonchev–Trinajstić information content (AvgIpc) is 2.39. The van der Waals surface area contributed by atoms with Crippen molar-refractivity contribution in [2.24, 2.45) is 5.73 Å². The van der Waals surface area contributed by atoms with Crippen molar-refractivity contribution >= 4 is 29.1 Å². The number of nitrogens with one attached hydrogen (secondary N) is 2. The van der Waals surface area contributed by atoms with Gasteiger partial charge in [-0.25, -0.2) is 0 Å². The lowest BCUT2D eigenvalue weighted by Crippen LogP contribution is -2.48. The molecule has 1 atom stereocenters. The van der Waals surface area contributed by atoms with Crippen LogP contribution in [-0.2, 0) is 9.53 Å². The molecule has 1 aromatic rings. The summed E-state index contributed by atoms with van der Waals surface area (Å²) in [4.78, 5) is 22.9. The Morgan fingerprint density at radius 3 is 2.84 bits per heavy atom. The Morgan fingerprint density at radius 1 is 1.47 bits per heavy atom. The van der Waals surface area contributed by atoms with E-state index >= 15 is 0 Å². The standard InChI is InChI=1S/C12H14ClN3O3/c13-9-5-7(1-2-8(9)11(14)17)16-12(18)10-6-19-4-3-15-10/h1-2,5,10,15H,3-4,6H2,(H2,14,17)(H,16,18). The Bertz CT molecular complexity index is 501. The number of hydrogen-bond donors (Lipinski definition) is 3. The minimum atomic E-state index is -0.606. The minimum Gasteiger partial charge on any atom is -0.378 e. The highest BCUT2D eigenvalue weighted by molar-refractivity contribution is 6.34. The molecule has 2 amide bonds. The van der Waals surface area contributed by atoms with Crippen molar-refractivity contribution in [2.45, 2.75) is 6.04 Å². The normalized spacial score (nSPS) is 18.9. The third-order valence-corrected chi connectivity index (χ3v) is 3.05. The highest BCUT2D eigenvalue weighted by Gasteiger charge is 2.21. The van der Waals surface area contributed by atoms with Crippen molar-refractivity contribution in [3.8, 4) is 0 Å². The molecule has 1 aliphatic rings. The van der Waals surface area contributed by atoms with E-state index in [1.807, 2.05) is 0 Å². The summed E-state index contributed by atoms with van der Waals surface area (Å²) >= 11 is 5.90. The maximum Gasteiger partial charge on any atom is 0.250 e. The molecule has 7 heteroatoms. The van der Waals surface area contributed by atoms with Gasteiger partial charge < -0.3 is 21.1 Å². The van der Waals surface area contributed by atoms with Gasteiger partial charge in [0.15, 0.2) is 0 Å². The van der Waals surface area contributed by atoms with Crippen LogP contribution in [0.15, 0.2) is 18.2 Å². The summed E-state index contributed by atoms with van der Waals surface area (Å²) < 4.78 is 5.20. The Kier molecular flexibility index (Phi) is 4.36. The molecule has 0 aliphatic carbocycles. The number of nitrogens with two attached hydrogens (primary N) is 1. The molecule has 1 aliphatic heterocycles. The fourth-order valence-corrected chi connectivity index (χ4v) is 2.03. The van der Waals surface area contributed by atoms with Crippen LogP contribution in [0.2, 0.25) is 5.02 Å². The third-order valence-electron chi connectivity index (χ3n) is 2.74. The Balaban J connectivity index is 2.04. The maximum atomic E-state index is 11.9. The van der Waals surface area contributed by atoms with Crippen LogP contribution < -0.4 is 16.4 Å². The number of anilines is 1. The van der Waals surface area contributed by atoms with Crippen molar-refractivity contribution in [3.05, 3.63) is 28.8 Å². The predicted octanol–water partition coefficient (Wildman–Crippen LogP) is 0.366. The van der Waals surface area contributed by atoms with E-state index in [-0.39, 0.29) is 22.5 Å². The first kappa shape index (κ1) is 13.8. The van der Waals surface area contributed by atoms with E-state index in [4.69, 9.17) is 22.1 Å². The number of carbonyl (C=O) groups excluding carboxylic acids is 2. The molecule has 4 N–H and O–H groups in total. The molecule has 1 unspecified atom stereocenters. The van der Waals surface area contributed by atoms with E-state index in [9.17, 15) is 9.59 Å². The highest BCUT2D eigenvalue weighted by Crippen LogP contribution is 2.20. The molecule has 0 spiro atoms. The Morgan fingerprint density at radius 2 is 2.26 bits per heavy atom. The number of hydrogen-bond acceptors (Lipinski definition) is 4. The summed E-state index contributed by atoms with van der Waals surface area (Å²) in [5.74, 6) is -0.812. The number of ether oxygens (including phenoxy) is 1. The summed E-state index contributed by atoms with van der Waals surface area (Å²) in [6.07, 6.45) is 0. The fraction of sp³-hybridized carbons (Fsp3) is 0.333. The van der Waals surface area contributed by atoms with Gasteiger partial charge in [-0.05, 0) is 18.2 Å². The van der Waals surface area contributed by atoms with Crippen molar-refractivity contribution < 1.29 is 14.3 Å². The van der Waals surface area contributed by atoms with Crippen LogP contribution in [0.4, 0.5) is 5.69 Å². The topological polar surface area (TPSA) is 93.5 Å². The second-order valence-corrected chi connectivity index (χ2v) is 4.54. The molecule has 0 bridgehead atoms. The molecule has 0 saturated carbocycles. The van der Waals surface area contributed by atoms with Crippen molar-refractivity contribution in [2.75, 3.05) is 25.1 Å². The second kappa shape index (κ2) is 6.01. The van der Waals surface area contributed by atoms with Gasteiger partial charge in [-0.1, -0.05) is 11.6 Å². The third kappa shape index (κ3) is 3.44. The smallest absolute Gasteiger partial charge is 0.250 e. The van der Waals surface area contributed by atoms with Gasteiger partial charge in [0.25, 0.3) is 0 Å². The molecule has 102 valence electrons. The fourth-order valence-electron chi connectivity index (χ4n) is 1.76. The second-order valence-electron chi connectivity index (χ2n) is 4.13. The van der Waals surface area contributed by atoms with Crippen LogP contribution in [0.25, 0.3) is 0 Å². The number of halogens is 1. The van der Waals surface area contributed by atoms with Gasteiger partial charge in [0, 0.05) is 12.2 Å². The highest BCUT2D eigenvalue weighted by atomic mass is 35.5. The zero-order valence-corrected chi connectivity index (χ0v) is 10.9. The van der Waals surface area contributed by atoms with Crippen LogP contribution in [0.5, 0.6) is 0 Å². The van der Waals surface area contributed by atoms with E-state index in [0.717, 1.165) is 0 Å². The number of primary amides is 1. The first-order valence-corrected chi connectivity index (χ1v) is 6.17. The number of morpholine rings is 1. The lowest BCUT2D eigenvalue weighted by atomic mass is 10.2. The number of rotatable bonds is 3. The van der Waals surface area contributed by atoms with Gasteiger partial charge in [0.05, 0.1) is 23.8 Å². The van der Waals surface area contributed by atoms with Crippen LogP contribution in [-0.4, -0.2) is 37.6 Å². The summed E-state index contributed by atoms with van der Waals surface area (Å²) in [5.41, 5.74) is 5.87. The summed E-state index contributed by atoms with van der Waals surface area (Å²) in [7, 11) is 0. The van der Waals surface area contributed by atoms with Crippen molar-refractivity contribution in [1.82, 2.24) is 5.32 Å². The molecule has 19 heavy (non-hydrogen) atoms. The predicted molar refractivity (Wildman–Crippen MR) is 71.2 cm³/mol. The van der Waals surface area contributed by atoms with E-state index in [1.54, 1.807) is 6.07 Å². The largest absolute Gasteiger partial charge is 0.378 e. The van der Waals surface area contributed by atoms with Gasteiger partial charge in [-0.15, -0.1) is 0 Å². The van der Waals surface area contributed by atoms with Crippen LogP contribution in [0, 0.1) is 0 Å². The lowest BCUT2D eigenvalue weighted by Gasteiger charge is -2.22. The molecule has 6 nitrogen and oxygen atoms in total. The SMILES string of the molecule is NC(=O)c1ccc(NC(=O)C2COCCN2)cc1Cl. The summed E-state index contributed by atoms with van der Waals surface area (Å²) in [5, 5.41) is 5.95. The molecule has 0 radical (unpaired) electrons. The maximum absolute atomic E-state index is 11.9. The zero-order chi connectivity index (χ0) is 13.8.